The van der Waals surface area contributed by atoms with E-state index in [1.807, 2.05) is 5.38 Å². The molecule has 0 amide bonds. The molecule has 20 heavy (non-hydrogen) atoms. The van der Waals surface area contributed by atoms with E-state index in [0.717, 1.165) is 24.8 Å². The number of rotatable bonds is 3. The van der Waals surface area contributed by atoms with E-state index in [1.165, 1.54) is 10.4 Å². The van der Waals surface area contributed by atoms with Gasteiger partial charge < -0.3 is 5.32 Å². The SMILES string of the molecule is CC(C)(C)C1CCc2c(CNCC(F)(F)F)csc2C1. The molecule has 0 aromatic carbocycles. The summed E-state index contributed by atoms with van der Waals surface area (Å²) in [6.07, 6.45) is -0.917. The van der Waals surface area contributed by atoms with E-state index < -0.39 is 12.7 Å². The zero-order valence-electron chi connectivity index (χ0n) is 12.2. The number of thiophene rings is 1. The van der Waals surface area contributed by atoms with Crippen LogP contribution < -0.4 is 5.32 Å². The lowest BCUT2D eigenvalue weighted by Gasteiger charge is -2.34. The average molecular weight is 305 g/mol. The Labute approximate surface area is 122 Å². The van der Waals surface area contributed by atoms with Crippen LogP contribution in [0.2, 0.25) is 0 Å². The number of hydrogen-bond donors (Lipinski definition) is 1. The predicted molar refractivity (Wildman–Crippen MR) is 77.1 cm³/mol. The smallest absolute Gasteiger partial charge is 0.305 e. The van der Waals surface area contributed by atoms with Gasteiger partial charge in [-0.05, 0) is 47.1 Å². The molecule has 1 aliphatic carbocycles. The molecule has 1 heterocycles. The van der Waals surface area contributed by atoms with Crippen LogP contribution >= 0.6 is 11.3 Å². The zero-order valence-corrected chi connectivity index (χ0v) is 13.0. The molecule has 1 unspecified atom stereocenters. The van der Waals surface area contributed by atoms with E-state index in [-0.39, 0.29) is 0 Å². The van der Waals surface area contributed by atoms with Gasteiger partial charge in [-0.1, -0.05) is 20.8 Å². The first-order valence-corrected chi connectivity index (χ1v) is 7.90. The van der Waals surface area contributed by atoms with Crippen LogP contribution in [0.3, 0.4) is 0 Å². The molecule has 1 aliphatic rings. The summed E-state index contributed by atoms with van der Waals surface area (Å²) in [6, 6.07) is 0. The molecule has 0 saturated carbocycles. The van der Waals surface area contributed by atoms with Crippen molar-refractivity contribution in [1.82, 2.24) is 5.32 Å². The molecule has 2 rings (SSSR count). The highest BCUT2D eigenvalue weighted by atomic mass is 32.1. The van der Waals surface area contributed by atoms with Crippen LogP contribution in [0.4, 0.5) is 13.2 Å². The Hall–Kier alpha value is -0.550. The summed E-state index contributed by atoms with van der Waals surface area (Å²) in [5.41, 5.74) is 2.66. The lowest BCUT2D eigenvalue weighted by atomic mass is 9.72. The molecule has 1 aromatic rings. The molecule has 0 aliphatic heterocycles. The predicted octanol–water partition coefficient (Wildman–Crippen LogP) is 4.55. The Morgan fingerprint density at radius 2 is 2.00 bits per heavy atom. The van der Waals surface area contributed by atoms with Crippen molar-refractivity contribution >= 4 is 11.3 Å². The van der Waals surface area contributed by atoms with Crippen LogP contribution in [0.5, 0.6) is 0 Å². The van der Waals surface area contributed by atoms with Gasteiger partial charge in [0.25, 0.3) is 0 Å². The van der Waals surface area contributed by atoms with Crippen molar-refractivity contribution in [2.45, 2.75) is 52.8 Å². The summed E-state index contributed by atoms with van der Waals surface area (Å²) in [5.74, 6) is 0.671. The highest BCUT2D eigenvalue weighted by molar-refractivity contribution is 7.10. The fourth-order valence-electron chi connectivity index (χ4n) is 2.81. The molecule has 0 bridgehead atoms. The standard InChI is InChI=1S/C15H22F3NS/c1-14(2,3)11-4-5-12-10(8-20-13(12)6-11)7-19-9-15(16,17)18/h8,11,19H,4-7,9H2,1-3H3. The summed E-state index contributed by atoms with van der Waals surface area (Å²) < 4.78 is 36.4. The van der Waals surface area contributed by atoms with Crippen molar-refractivity contribution in [1.29, 1.82) is 0 Å². The number of alkyl halides is 3. The second-order valence-corrected chi connectivity index (χ2v) is 7.65. The summed E-state index contributed by atoms with van der Waals surface area (Å²) in [5, 5.41) is 4.53. The van der Waals surface area contributed by atoms with Gasteiger partial charge in [0.1, 0.15) is 0 Å². The van der Waals surface area contributed by atoms with Gasteiger partial charge in [-0.3, -0.25) is 0 Å². The topological polar surface area (TPSA) is 12.0 Å². The van der Waals surface area contributed by atoms with Crippen molar-refractivity contribution in [3.63, 3.8) is 0 Å². The number of hydrogen-bond acceptors (Lipinski definition) is 2. The molecule has 0 saturated heterocycles. The second kappa shape index (κ2) is 5.68. The lowest BCUT2D eigenvalue weighted by molar-refractivity contribution is -0.125. The maximum atomic E-state index is 12.1. The molecule has 114 valence electrons. The van der Waals surface area contributed by atoms with E-state index in [1.54, 1.807) is 11.3 Å². The zero-order chi connectivity index (χ0) is 15.0. The van der Waals surface area contributed by atoms with Crippen LogP contribution in [0.1, 0.15) is 43.2 Å². The minimum atomic E-state index is -4.13. The monoisotopic (exact) mass is 305 g/mol. The third-order valence-corrected chi connectivity index (χ3v) is 5.21. The van der Waals surface area contributed by atoms with Crippen molar-refractivity contribution < 1.29 is 13.2 Å². The third kappa shape index (κ3) is 3.98. The van der Waals surface area contributed by atoms with E-state index in [0.29, 0.717) is 17.9 Å². The van der Waals surface area contributed by atoms with E-state index >= 15 is 0 Å². The maximum absolute atomic E-state index is 12.1. The normalized spacial score (nSPS) is 20.0. The molecule has 0 radical (unpaired) electrons. The summed E-state index contributed by atoms with van der Waals surface area (Å²) in [7, 11) is 0. The van der Waals surface area contributed by atoms with Crippen LogP contribution in [0.25, 0.3) is 0 Å². The van der Waals surface area contributed by atoms with Crippen molar-refractivity contribution in [3.8, 4) is 0 Å². The molecule has 5 heteroatoms. The first-order valence-electron chi connectivity index (χ1n) is 7.02. The Balaban J connectivity index is 1.98. The maximum Gasteiger partial charge on any atom is 0.401 e. The van der Waals surface area contributed by atoms with Gasteiger partial charge in [0, 0.05) is 11.4 Å². The Morgan fingerprint density at radius 1 is 1.30 bits per heavy atom. The highest BCUT2D eigenvalue weighted by Gasteiger charge is 2.31. The minimum Gasteiger partial charge on any atom is -0.305 e. The Kier molecular flexibility index (Phi) is 4.50. The van der Waals surface area contributed by atoms with Gasteiger partial charge in [0.2, 0.25) is 0 Å². The quantitative estimate of drug-likeness (QED) is 0.864. The van der Waals surface area contributed by atoms with E-state index in [9.17, 15) is 13.2 Å². The summed E-state index contributed by atoms with van der Waals surface area (Å²) >= 11 is 1.71. The molecular formula is C15H22F3NS. The van der Waals surface area contributed by atoms with Gasteiger partial charge in [-0.2, -0.15) is 13.2 Å². The van der Waals surface area contributed by atoms with Crippen molar-refractivity contribution in [2.75, 3.05) is 6.54 Å². The molecule has 1 aromatic heterocycles. The highest BCUT2D eigenvalue weighted by Crippen LogP contribution is 2.40. The summed E-state index contributed by atoms with van der Waals surface area (Å²) in [4.78, 5) is 1.37. The first-order chi connectivity index (χ1) is 9.17. The van der Waals surface area contributed by atoms with Gasteiger partial charge >= 0.3 is 6.18 Å². The van der Waals surface area contributed by atoms with Gasteiger partial charge in [0.15, 0.2) is 0 Å². The summed E-state index contributed by atoms with van der Waals surface area (Å²) in [6.45, 7) is 6.21. The Morgan fingerprint density at radius 3 is 2.60 bits per heavy atom. The van der Waals surface area contributed by atoms with Gasteiger partial charge in [-0.25, -0.2) is 0 Å². The van der Waals surface area contributed by atoms with Crippen LogP contribution in [0.15, 0.2) is 5.38 Å². The number of halogens is 3. The van der Waals surface area contributed by atoms with Crippen molar-refractivity contribution in [3.05, 3.63) is 21.4 Å². The molecule has 1 N–H and O–H groups in total. The van der Waals surface area contributed by atoms with E-state index in [2.05, 4.69) is 26.1 Å². The average Bonchev–Trinajstić information content (AvgIpc) is 2.69. The lowest BCUT2D eigenvalue weighted by Crippen LogP contribution is -2.29. The largest absolute Gasteiger partial charge is 0.401 e. The fourth-order valence-corrected chi connectivity index (χ4v) is 3.99. The van der Waals surface area contributed by atoms with Crippen LogP contribution in [-0.2, 0) is 19.4 Å². The Bertz CT molecular complexity index is 457. The van der Waals surface area contributed by atoms with Gasteiger partial charge in [0.05, 0.1) is 6.54 Å². The van der Waals surface area contributed by atoms with Gasteiger partial charge in [-0.15, -0.1) is 11.3 Å². The molecule has 0 spiro atoms. The number of fused-ring (bicyclic) bond motifs is 1. The first kappa shape index (κ1) is 15.8. The second-order valence-electron chi connectivity index (χ2n) is 6.69. The van der Waals surface area contributed by atoms with Crippen LogP contribution in [-0.4, -0.2) is 12.7 Å². The third-order valence-electron chi connectivity index (χ3n) is 4.11. The number of nitrogens with one attached hydrogen (secondary N) is 1. The fraction of sp³-hybridized carbons (Fsp3) is 0.733. The molecular weight excluding hydrogens is 283 g/mol. The van der Waals surface area contributed by atoms with Crippen molar-refractivity contribution in [2.24, 2.45) is 11.3 Å². The van der Waals surface area contributed by atoms with Crippen LogP contribution in [0, 0.1) is 11.3 Å². The van der Waals surface area contributed by atoms with E-state index in [4.69, 9.17) is 0 Å². The minimum absolute atomic E-state index is 0.302. The molecule has 1 atom stereocenters. The molecule has 1 nitrogen and oxygen atoms in total. The molecule has 0 fully saturated rings.